The van der Waals surface area contributed by atoms with Crippen LogP contribution < -0.4 is 19.6 Å². The van der Waals surface area contributed by atoms with Gasteiger partial charge in [-0.1, -0.05) is 83.3 Å². The molecule has 0 bridgehead atoms. The van der Waals surface area contributed by atoms with Gasteiger partial charge in [0, 0.05) is 42.9 Å². The summed E-state index contributed by atoms with van der Waals surface area (Å²) in [6, 6.07) is 28.1. The maximum atomic E-state index is 14.6. The van der Waals surface area contributed by atoms with Crippen LogP contribution in [0.15, 0.2) is 106 Å². The summed E-state index contributed by atoms with van der Waals surface area (Å²) in [5.74, 6) is -3.62. The standard InChI is InChI=1S/C44H41IO15/c1-25(46)55-40-35(24-54-36(50)18-19-45)59-44(43(57-27(3)48)42(40)56-26(2)47)60-41-38(51)37-33(49)20-32(53-23-29-12-8-5-9-13-29)21-34(37)58-39(41)30-14-16-31(17-15-30)52-22-28-10-6-4-7-11-28/h4-17,20-21,35,40,42-44,49H,18-19,22-24H2,1-3H3. The Kier molecular flexibility index (Phi) is 14.6. The third-order valence-electron chi connectivity index (χ3n) is 8.96. The van der Waals surface area contributed by atoms with Gasteiger partial charge >= 0.3 is 23.9 Å². The molecule has 60 heavy (non-hydrogen) atoms. The van der Waals surface area contributed by atoms with E-state index in [1.54, 1.807) is 24.3 Å². The van der Waals surface area contributed by atoms with Crippen LogP contribution in [0.25, 0.3) is 22.3 Å². The maximum absolute atomic E-state index is 14.6. The van der Waals surface area contributed by atoms with E-state index < -0.39 is 78.1 Å². The van der Waals surface area contributed by atoms with Crippen LogP contribution in [-0.4, -0.2) is 70.7 Å². The Labute approximate surface area is 357 Å². The van der Waals surface area contributed by atoms with Crippen molar-refractivity contribution in [2.24, 2.45) is 0 Å². The van der Waals surface area contributed by atoms with E-state index in [2.05, 4.69) is 0 Å². The van der Waals surface area contributed by atoms with Crippen LogP contribution in [0.4, 0.5) is 0 Å². The van der Waals surface area contributed by atoms with Crippen LogP contribution in [0.3, 0.4) is 0 Å². The van der Waals surface area contributed by atoms with E-state index in [4.69, 9.17) is 42.3 Å². The topological polar surface area (TPSA) is 193 Å². The molecule has 0 radical (unpaired) electrons. The fourth-order valence-corrected chi connectivity index (χ4v) is 6.79. The highest BCUT2D eigenvalue weighted by Gasteiger charge is 2.54. The van der Waals surface area contributed by atoms with Crippen LogP contribution in [0, 0.1) is 0 Å². The summed E-state index contributed by atoms with van der Waals surface area (Å²) in [5.41, 5.74) is 1.17. The van der Waals surface area contributed by atoms with E-state index in [0.29, 0.717) is 15.7 Å². The van der Waals surface area contributed by atoms with Crippen molar-refractivity contribution in [3.05, 3.63) is 118 Å². The fraction of sp³-hybridized carbons (Fsp3) is 0.295. The van der Waals surface area contributed by atoms with Crippen molar-refractivity contribution in [1.29, 1.82) is 0 Å². The van der Waals surface area contributed by atoms with E-state index in [1.807, 2.05) is 83.3 Å². The number of ether oxygens (including phenoxy) is 8. The molecule has 314 valence electrons. The number of benzene rings is 4. The number of phenolic OH excluding ortho intramolecular Hbond substituents is 1. The van der Waals surface area contributed by atoms with Gasteiger partial charge < -0.3 is 47.4 Å². The number of hydrogen-bond acceptors (Lipinski definition) is 15. The van der Waals surface area contributed by atoms with Crippen LogP contribution in [0.5, 0.6) is 23.0 Å². The van der Waals surface area contributed by atoms with Crippen molar-refractivity contribution in [2.75, 3.05) is 11.0 Å². The van der Waals surface area contributed by atoms with Gasteiger partial charge in [-0.2, -0.15) is 0 Å². The predicted octanol–water partition coefficient (Wildman–Crippen LogP) is 6.59. The van der Waals surface area contributed by atoms with Crippen molar-refractivity contribution in [3.63, 3.8) is 0 Å². The lowest BCUT2D eigenvalue weighted by Gasteiger charge is -2.43. The first-order chi connectivity index (χ1) is 28.9. The molecule has 0 saturated carbocycles. The smallest absolute Gasteiger partial charge is 0.306 e. The molecule has 1 N–H and O–H groups in total. The highest BCUT2D eigenvalue weighted by Crippen LogP contribution is 2.39. The van der Waals surface area contributed by atoms with E-state index >= 15 is 0 Å². The molecule has 1 aliphatic rings. The Bertz CT molecular complexity index is 2350. The quantitative estimate of drug-likeness (QED) is 0.0482. The minimum atomic E-state index is -1.79. The second-order valence-corrected chi connectivity index (χ2v) is 14.6. The Balaban J connectivity index is 1.44. The van der Waals surface area contributed by atoms with E-state index in [9.17, 15) is 29.1 Å². The van der Waals surface area contributed by atoms with Crippen LogP contribution in [0.1, 0.15) is 38.3 Å². The average molecular weight is 937 g/mol. The van der Waals surface area contributed by atoms with Gasteiger partial charge in [-0.15, -0.1) is 0 Å². The lowest BCUT2D eigenvalue weighted by atomic mass is 9.98. The number of halogens is 1. The summed E-state index contributed by atoms with van der Waals surface area (Å²) < 4.78 is 53.3. The van der Waals surface area contributed by atoms with Gasteiger partial charge in [-0.25, -0.2) is 0 Å². The Hall–Kier alpha value is -6.14. The first-order valence-corrected chi connectivity index (χ1v) is 20.3. The third kappa shape index (κ3) is 11.1. The molecule has 0 spiro atoms. The monoisotopic (exact) mass is 936 g/mol. The first-order valence-electron chi connectivity index (χ1n) is 18.7. The largest absolute Gasteiger partial charge is 0.507 e. The van der Waals surface area contributed by atoms with Crippen molar-refractivity contribution in [2.45, 2.75) is 71.1 Å². The van der Waals surface area contributed by atoms with Gasteiger partial charge in [0.15, 0.2) is 18.0 Å². The van der Waals surface area contributed by atoms with Crippen LogP contribution >= 0.6 is 22.6 Å². The summed E-state index contributed by atoms with van der Waals surface area (Å²) in [6.07, 6.45) is -7.84. The molecule has 0 aliphatic carbocycles. The number of carbonyl (C=O) groups is 4. The molecule has 1 saturated heterocycles. The molecular weight excluding hydrogens is 895 g/mol. The molecule has 1 aromatic heterocycles. The Morgan fingerprint density at radius 3 is 1.87 bits per heavy atom. The minimum Gasteiger partial charge on any atom is -0.507 e. The molecule has 15 nitrogen and oxygen atoms in total. The van der Waals surface area contributed by atoms with E-state index in [1.165, 1.54) is 12.1 Å². The molecule has 6 rings (SSSR count). The SMILES string of the molecule is CC(=O)OC1C(COC(=O)CCI)OC(Oc2c(-c3ccc(OCc4ccccc4)cc3)oc3cc(OCc4ccccc4)cc(O)c3c2=O)C(OC(C)=O)C1OC(C)=O. The minimum absolute atomic E-state index is 0.0506. The second kappa shape index (κ2) is 20.2. The molecular formula is C44H41IO15. The Morgan fingerprint density at radius 2 is 1.28 bits per heavy atom. The lowest BCUT2D eigenvalue weighted by Crippen LogP contribution is -2.63. The number of hydrogen-bond donors (Lipinski definition) is 1. The van der Waals surface area contributed by atoms with Crippen molar-refractivity contribution in [3.8, 4) is 34.3 Å². The van der Waals surface area contributed by atoms with Gasteiger partial charge in [0.1, 0.15) is 54.1 Å². The summed E-state index contributed by atoms with van der Waals surface area (Å²) >= 11 is 2.00. The number of esters is 4. The molecule has 5 aromatic rings. The van der Waals surface area contributed by atoms with Gasteiger partial charge in [-0.05, 0) is 35.4 Å². The normalized spacial score (nSPS) is 18.5. The lowest BCUT2D eigenvalue weighted by molar-refractivity contribution is -0.288. The van der Waals surface area contributed by atoms with E-state index in [-0.39, 0.29) is 42.1 Å². The number of aromatic hydroxyl groups is 1. The molecule has 1 fully saturated rings. The summed E-state index contributed by atoms with van der Waals surface area (Å²) in [6.45, 7) is 3.18. The van der Waals surface area contributed by atoms with Crippen molar-refractivity contribution >= 4 is 57.4 Å². The number of phenols is 1. The van der Waals surface area contributed by atoms with Gasteiger partial charge in [0.05, 0.1) is 6.42 Å². The first kappa shape index (κ1) is 43.4. The second-order valence-electron chi connectivity index (χ2n) is 13.5. The molecule has 0 amide bonds. The molecule has 4 aromatic carbocycles. The molecule has 5 atom stereocenters. The van der Waals surface area contributed by atoms with E-state index in [0.717, 1.165) is 31.9 Å². The molecule has 5 unspecified atom stereocenters. The van der Waals surface area contributed by atoms with Crippen LogP contribution in [0.2, 0.25) is 0 Å². The number of rotatable bonds is 16. The number of fused-ring (bicyclic) bond motifs is 1. The number of carbonyl (C=O) groups excluding carboxylic acids is 4. The highest BCUT2D eigenvalue weighted by atomic mass is 127. The van der Waals surface area contributed by atoms with Gasteiger partial charge in [-0.3, -0.25) is 24.0 Å². The zero-order chi connectivity index (χ0) is 42.8. The number of alkyl halides is 1. The fourth-order valence-electron chi connectivity index (χ4n) is 6.35. The van der Waals surface area contributed by atoms with Gasteiger partial charge in [0.25, 0.3) is 0 Å². The Morgan fingerprint density at radius 1 is 0.717 bits per heavy atom. The summed E-state index contributed by atoms with van der Waals surface area (Å²) in [7, 11) is 0. The summed E-state index contributed by atoms with van der Waals surface area (Å²) in [4.78, 5) is 64.5. The third-order valence-corrected chi connectivity index (χ3v) is 9.50. The van der Waals surface area contributed by atoms with Crippen molar-refractivity contribution < 1.29 is 66.6 Å². The zero-order valence-corrected chi connectivity index (χ0v) is 34.9. The van der Waals surface area contributed by atoms with Crippen LogP contribution in [-0.2, 0) is 56.1 Å². The maximum Gasteiger partial charge on any atom is 0.306 e. The van der Waals surface area contributed by atoms with Gasteiger partial charge in [0.2, 0.25) is 23.6 Å². The molecule has 2 heterocycles. The highest BCUT2D eigenvalue weighted by molar-refractivity contribution is 14.1. The average Bonchev–Trinajstić information content (AvgIpc) is 3.22. The summed E-state index contributed by atoms with van der Waals surface area (Å²) in [5, 5.41) is 11.0. The molecule has 1 aliphatic heterocycles. The zero-order valence-electron chi connectivity index (χ0n) is 32.7. The van der Waals surface area contributed by atoms with Crippen molar-refractivity contribution in [1.82, 2.24) is 0 Å². The molecule has 16 heteroatoms. The predicted molar refractivity (Wildman–Crippen MR) is 222 cm³/mol.